The zero-order valence-electron chi connectivity index (χ0n) is 11.1. The minimum absolute atomic E-state index is 0.256. The van der Waals surface area contributed by atoms with Gasteiger partial charge >= 0.3 is 5.97 Å². The monoisotopic (exact) mass is 253 g/mol. The van der Waals surface area contributed by atoms with Crippen LogP contribution >= 0.6 is 0 Å². The van der Waals surface area contributed by atoms with Gasteiger partial charge in [-0.05, 0) is 30.2 Å². The number of carbonyl (C=O) groups is 1. The fraction of sp³-hybridized carbons (Fsp3) is 0.500. The minimum atomic E-state index is -1.22. The van der Waals surface area contributed by atoms with Gasteiger partial charge in [-0.3, -0.25) is 4.90 Å². The maximum atomic E-state index is 13.3. The molecule has 0 aliphatic carbocycles. The van der Waals surface area contributed by atoms with Gasteiger partial charge in [0.2, 0.25) is 0 Å². The molecule has 0 amide bonds. The maximum absolute atomic E-state index is 13.3. The van der Waals surface area contributed by atoms with Crippen LogP contribution in [0.15, 0.2) is 18.2 Å². The van der Waals surface area contributed by atoms with E-state index in [0.717, 1.165) is 18.7 Å². The number of carboxylic acid groups (broad SMARTS) is 1. The highest BCUT2D eigenvalue weighted by Gasteiger charge is 2.12. The molecule has 0 aliphatic heterocycles. The molecule has 100 valence electrons. The highest BCUT2D eigenvalue weighted by molar-refractivity contribution is 5.88. The molecule has 1 N–H and O–H groups in total. The van der Waals surface area contributed by atoms with E-state index in [0.29, 0.717) is 12.5 Å². The SMILES string of the molecule is CCN(Cc1ccc(F)c(C(=O)O)c1)CC(C)C. The van der Waals surface area contributed by atoms with Crippen LogP contribution in [0.3, 0.4) is 0 Å². The van der Waals surface area contributed by atoms with Crippen LogP contribution in [0.2, 0.25) is 0 Å². The van der Waals surface area contributed by atoms with Gasteiger partial charge in [-0.25, -0.2) is 9.18 Å². The summed E-state index contributed by atoms with van der Waals surface area (Å²) in [6.07, 6.45) is 0. The summed E-state index contributed by atoms with van der Waals surface area (Å²) in [6, 6.07) is 4.29. The molecule has 0 heterocycles. The van der Waals surface area contributed by atoms with Crippen LogP contribution in [0.4, 0.5) is 4.39 Å². The fourth-order valence-corrected chi connectivity index (χ4v) is 1.91. The molecule has 0 fully saturated rings. The van der Waals surface area contributed by atoms with Gasteiger partial charge in [0.1, 0.15) is 5.82 Å². The fourth-order valence-electron chi connectivity index (χ4n) is 1.91. The van der Waals surface area contributed by atoms with E-state index >= 15 is 0 Å². The number of hydrogen-bond donors (Lipinski definition) is 1. The average molecular weight is 253 g/mol. The minimum Gasteiger partial charge on any atom is -0.478 e. The van der Waals surface area contributed by atoms with Crippen molar-refractivity contribution in [2.45, 2.75) is 27.3 Å². The molecule has 1 aromatic rings. The van der Waals surface area contributed by atoms with E-state index in [1.54, 1.807) is 6.07 Å². The van der Waals surface area contributed by atoms with Gasteiger partial charge < -0.3 is 5.11 Å². The van der Waals surface area contributed by atoms with Crippen molar-refractivity contribution in [3.63, 3.8) is 0 Å². The van der Waals surface area contributed by atoms with Crippen molar-refractivity contribution >= 4 is 5.97 Å². The molecule has 3 nitrogen and oxygen atoms in total. The van der Waals surface area contributed by atoms with E-state index in [4.69, 9.17) is 5.11 Å². The average Bonchev–Trinajstić information content (AvgIpc) is 2.29. The first kappa shape index (κ1) is 14.6. The number of benzene rings is 1. The summed E-state index contributed by atoms with van der Waals surface area (Å²) in [5.74, 6) is -1.36. The van der Waals surface area contributed by atoms with E-state index in [1.165, 1.54) is 12.1 Å². The molecule has 0 bridgehead atoms. The predicted octanol–water partition coefficient (Wildman–Crippen LogP) is 3.00. The highest BCUT2D eigenvalue weighted by Crippen LogP contribution is 2.13. The number of halogens is 1. The van der Waals surface area contributed by atoms with Gasteiger partial charge in [-0.2, -0.15) is 0 Å². The first-order valence-electron chi connectivity index (χ1n) is 6.18. The van der Waals surface area contributed by atoms with Gasteiger partial charge in [0, 0.05) is 13.1 Å². The number of hydrogen-bond acceptors (Lipinski definition) is 2. The second kappa shape index (κ2) is 6.50. The van der Waals surface area contributed by atoms with E-state index in [1.807, 2.05) is 0 Å². The van der Waals surface area contributed by atoms with Crippen molar-refractivity contribution in [2.75, 3.05) is 13.1 Å². The lowest BCUT2D eigenvalue weighted by atomic mass is 10.1. The number of carboxylic acids is 1. The topological polar surface area (TPSA) is 40.5 Å². The predicted molar refractivity (Wildman–Crippen MR) is 69.1 cm³/mol. The Balaban J connectivity index is 2.83. The molecule has 0 radical (unpaired) electrons. The van der Waals surface area contributed by atoms with Crippen molar-refractivity contribution in [3.05, 3.63) is 35.1 Å². The summed E-state index contributed by atoms with van der Waals surface area (Å²) in [7, 11) is 0. The maximum Gasteiger partial charge on any atom is 0.338 e. The molecular formula is C14H20FNO2. The summed E-state index contributed by atoms with van der Waals surface area (Å²) in [6.45, 7) is 8.81. The zero-order valence-corrected chi connectivity index (χ0v) is 11.1. The van der Waals surface area contributed by atoms with Crippen LogP contribution in [0, 0.1) is 11.7 Å². The van der Waals surface area contributed by atoms with Gasteiger partial charge in [-0.15, -0.1) is 0 Å². The van der Waals surface area contributed by atoms with Crippen LogP contribution < -0.4 is 0 Å². The summed E-state index contributed by atoms with van der Waals surface area (Å²) >= 11 is 0. The number of aromatic carboxylic acids is 1. The Kier molecular flexibility index (Phi) is 5.28. The Morgan fingerprint density at radius 2 is 2.11 bits per heavy atom. The van der Waals surface area contributed by atoms with Crippen LogP contribution in [-0.2, 0) is 6.54 Å². The zero-order chi connectivity index (χ0) is 13.7. The number of nitrogens with zero attached hydrogens (tertiary/aromatic N) is 1. The Morgan fingerprint density at radius 1 is 1.44 bits per heavy atom. The molecule has 1 rings (SSSR count). The van der Waals surface area contributed by atoms with E-state index in [2.05, 4.69) is 25.7 Å². The third-order valence-electron chi connectivity index (χ3n) is 2.74. The van der Waals surface area contributed by atoms with Crippen molar-refractivity contribution in [1.82, 2.24) is 4.90 Å². The third kappa shape index (κ3) is 4.11. The van der Waals surface area contributed by atoms with Crippen LogP contribution in [0.25, 0.3) is 0 Å². The van der Waals surface area contributed by atoms with Crippen molar-refractivity contribution in [2.24, 2.45) is 5.92 Å². The van der Waals surface area contributed by atoms with Crippen LogP contribution in [0.1, 0.15) is 36.7 Å². The summed E-state index contributed by atoms with van der Waals surface area (Å²) < 4.78 is 13.3. The lowest BCUT2D eigenvalue weighted by Gasteiger charge is -2.22. The molecule has 0 unspecified atom stereocenters. The third-order valence-corrected chi connectivity index (χ3v) is 2.74. The molecule has 0 atom stereocenters. The largest absolute Gasteiger partial charge is 0.478 e. The Hall–Kier alpha value is -1.42. The first-order chi connectivity index (χ1) is 8.43. The van der Waals surface area contributed by atoms with E-state index in [9.17, 15) is 9.18 Å². The van der Waals surface area contributed by atoms with Crippen molar-refractivity contribution in [1.29, 1.82) is 0 Å². The quantitative estimate of drug-likeness (QED) is 0.847. The summed E-state index contributed by atoms with van der Waals surface area (Å²) in [4.78, 5) is 13.1. The standard InChI is InChI=1S/C14H20FNO2/c1-4-16(8-10(2)3)9-11-5-6-13(15)12(7-11)14(17)18/h5-7,10H,4,8-9H2,1-3H3,(H,17,18). The van der Waals surface area contributed by atoms with Gasteiger partial charge in [0.25, 0.3) is 0 Å². The molecule has 0 aromatic heterocycles. The van der Waals surface area contributed by atoms with Crippen LogP contribution in [-0.4, -0.2) is 29.1 Å². The molecule has 1 aromatic carbocycles. The van der Waals surface area contributed by atoms with Gasteiger partial charge in [0.05, 0.1) is 5.56 Å². The van der Waals surface area contributed by atoms with Crippen molar-refractivity contribution < 1.29 is 14.3 Å². The highest BCUT2D eigenvalue weighted by atomic mass is 19.1. The smallest absolute Gasteiger partial charge is 0.338 e. The normalized spacial score (nSPS) is 11.2. The Morgan fingerprint density at radius 3 is 2.61 bits per heavy atom. The Bertz CT molecular complexity index is 418. The van der Waals surface area contributed by atoms with Crippen molar-refractivity contribution in [3.8, 4) is 0 Å². The molecule has 0 spiro atoms. The molecule has 0 saturated carbocycles. The molecule has 4 heteroatoms. The molecule has 0 saturated heterocycles. The molecular weight excluding hydrogens is 233 g/mol. The van der Waals surface area contributed by atoms with Gasteiger partial charge in [-0.1, -0.05) is 26.8 Å². The Labute approximate surface area is 107 Å². The molecule has 0 aliphatic rings. The summed E-state index contributed by atoms with van der Waals surface area (Å²) in [5.41, 5.74) is 0.574. The second-order valence-corrected chi connectivity index (χ2v) is 4.84. The lowest BCUT2D eigenvalue weighted by Crippen LogP contribution is -2.27. The summed E-state index contributed by atoms with van der Waals surface area (Å²) in [5, 5.41) is 8.87. The second-order valence-electron chi connectivity index (χ2n) is 4.84. The molecule has 18 heavy (non-hydrogen) atoms. The lowest BCUT2D eigenvalue weighted by molar-refractivity contribution is 0.0691. The number of rotatable bonds is 6. The van der Waals surface area contributed by atoms with Gasteiger partial charge in [0.15, 0.2) is 0 Å². The van der Waals surface area contributed by atoms with E-state index < -0.39 is 11.8 Å². The van der Waals surface area contributed by atoms with Crippen LogP contribution in [0.5, 0.6) is 0 Å². The first-order valence-corrected chi connectivity index (χ1v) is 6.18. The van der Waals surface area contributed by atoms with E-state index in [-0.39, 0.29) is 5.56 Å².